The Morgan fingerprint density at radius 1 is 1.38 bits per heavy atom. The standard InChI is InChI=1S/C18H21NO2/c1-19(18(21)17-15-8-3-9-16(15)17)12-14-6-2-5-13(11-14)7-4-10-20/h2,5-6,11,15-17,20H,3,8-10,12H2,1H3. The summed E-state index contributed by atoms with van der Waals surface area (Å²) in [5.41, 5.74) is 1.96. The summed E-state index contributed by atoms with van der Waals surface area (Å²) < 4.78 is 0. The molecule has 1 N–H and O–H groups in total. The van der Waals surface area contributed by atoms with Crippen LogP contribution in [0.4, 0.5) is 0 Å². The Balaban J connectivity index is 1.62. The molecular weight excluding hydrogens is 262 g/mol. The number of carbonyl (C=O) groups excluding carboxylic acids is 1. The molecule has 0 bridgehead atoms. The summed E-state index contributed by atoms with van der Waals surface area (Å²) in [6.07, 6.45) is 3.77. The molecule has 2 saturated carbocycles. The lowest BCUT2D eigenvalue weighted by molar-refractivity contribution is -0.132. The van der Waals surface area contributed by atoms with Crippen molar-refractivity contribution >= 4 is 5.91 Å². The Morgan fingerprint density at radius 2 is 2.14 bits per heavy atom. The van der Waals surface area contributed by atoms with Crippen LogP contribution >= 0.6 is 0 Å². The van der Waals surface area contributed by atoms with Crippen molar-refractivity contribution in [2.45, 2.75) is 25.8 Å². The number of amides is 1. The average molecular weight is 283 g/mol. The molecule has 2 unspecified atom stereocenters. The molecule has 0 spiro atoms. The Hall–Kier alpha value is -1.79. The number of aliphatic hydroxyl groups is 1. The monoisotopic (exact) mass is 283 g/mol. The van der Waals surface area contributed by atoms with Gasteiger partial charge in [-0.15, -0.1) is 0 Å². The van der Waals surface area contributed by atoms with Crippen LogP contribution in [0.1, 0.15) is 30.4 Å². The molecule has 21 heavy (non-hydrogen) atoms. The fourth-order valence-corrected chi connectivity index (χ4v) is 3.68. The van der Waals surface area contributed by atoms with E-state index in [2.05, 4.69) is 11.8 Å². The van der Waals surface area contributed by atoms with E-state index in [1.807, 2.05) is 36.2 Å². The van der Waals surface area contributed by atoms with E-state index in [4.69, 9.17) is 5.11 Å². The van der Waals surface area contributed by atoms with E-state index in [1.165, 1.54) is 19.3 Å². The molecule has 0 heterocycles. The lowest BCUT2D eigenvalue weighted by atomic mass is 10.1. The Bertz CT molecular complexity index is 589. The molecule has 0 radical (unpaired) electrons. The van der Waals surface area contributed by atoms with Gasteiger partial charge in [-0.1, -0.05) is 30.4 Å². The minimum Gasteiger partial charge on any atom is -0.384 e. The number of hydrogen-bond acceptors (Lipinski definition) is 2. The second kappa shape index (κ2) is 5.91. The van der Waals surface area contributed by atoms with Crippen LogP contribution in [0.3, 0.4) is 0 Å². The van der Waals surface area contributed by atoms with Crippen molar-refractivity contribution < 1.29 is 9.90 Å². The van der Waals surface area contributed by atoms with Crippen LogP contribution in [0.5, 0.6) is 0 Å². The van der Waals surface area contributed by atoms with Crippen LogP contribution < -0.4 is 0 Å². The van der Waals surface area contributed by atoms with Gasteiger partial charge in [0.25, 0.3) is 0 Å². The molecule has 2 atom stereocenters. The van der Waals surface area contributed by atoms with Crippen LogP contribution in [0.15, 0.2) is 24.3 Å². The zero-order valence-electron chi connectivity index (χ0n) is 12.4. The molecule has 110 valence electrons. The predicted octanol–water partition coefficient (Wildman–Crippen LogP) is 2.03. The number of carbonyl (C=O) groups is 1. The normalized spacial score (nSPS) is 25.7. The number of benzene rings is 1. The Labute approximate surface area is 126 Å². The van der Waals surface area contributed by atoms with E-state index < -0.39 is 0 Å². The van der Waals surface area contributed by atoms with E-state index in [0.717, 1.165) is 11.1 Å². The molecule has 3 heteroatoms. The van der Waals surface area contributed by atoms with E-state index in [1.54, 1.807) is 0 Å². The summed E-state index contributed by atoms with van der Waals surface area (Å²) in [5.74, 6) is 7.48. The number of rotatable bonds is 3. The molecule has 2 fully saturated rings. The average Bonchev–Trinajstić information content (AvgIpc) is 2.96. The molecule has 0 saturated heterocycles. The van der Waals surface area contributed by atoms with Crippen molar-refractivity contribution in [3.63, 3.8) is 0 Å². The molecule has 3 rings (SSSR count). The van der Waals surface area contributed by atoms with Gasteiger partial charge < -0.3 is 10.0 Å². The van der Waals surface area contributed by atoms with Gasteiger partial charge in [-0.25, -0.2) is 0 Å². The first-order valence-electron chi connectivity index (χ1n) is 7.64. The lowest BCUT2D eigenvalue weighted by Crippen LogP contribution is -2.29. The van der Waals surface area contributed by atoms with E-state index >= 15 is 0 Å². The van der Waals surface area contributed by atoms with Crippen molar-refractivity contribution in [1.29, 1.82) is 0 Å². The largest absolute Gasteiger partial charge is 0.384 e. The first-order chi connectivity index (χ1) is 10.2. The number of hydrogen-bond donors (Lipinski definition) is 1. The van der Waals surface area contributed by atoms with Gasteiger partial charge in [-0.2, -0.15) is 0 Å². The molecule has 2 aliphatic carbocycles. The highest BCUT2D eigenvalue weighted by molar-refractivity contribution is 5.82. The Kier molecular flexibility index (Phi) is 3.98. The second-order valence-corrected chi connectivity index (χ2v) is 6.14. The third-order valence-electron chi connectivity index (χ3n) is 4.73. The third kappa shape index (κ3) is 2.96. The molecule has 0 aliphatic heterocycles. The predicted molar refractivity (Wildman–Crippen MR) is 81.2 cm³/mol. The smallest absolute Gasteiger partial charge is 0.226 e. The van der Waals surface area contributed by atoms with Crippen LogP contribution in [0.2, 0.25) is 0 Å². The maximum atomic E-state index is 12.4. The summed E-state index contributed by atoms with van der Waals surface area (Å²) in [4.78, 5) is 14.3. The molecule has 2 aliphatic rings. The summed E-state index contributed by atoms with van der Waals surface area (Å²) in [6, 6.07) is 7.86. The maximum Gasteiger partial charge on any atom is 0.226 e. The minimum absolute atomic E-state index is 0.132. The third-order valence-corrected chi connectivity index (χ3v) is 4.73. The van der Waals surface area contributed by atoms with Crippen LogP contribution in [0.25, 0.3) is 0 Å². The van der Waals surface area contributed by atoms with Gasteiger partial charge >= 0.3 is 0 Å². The van der Waals surface area contributed by atoms with Gasteiger partial charge in [0.2, 0.25) is 5.91 Å². The zero-order valence-corrected chi connectivity index (χ0v) is 12.4. The van der Waals surface area contributed by atoms with Gasteiger partial charge in [-0.05, 0) is 42.4 Å². The zero-order chi connectivity index (χ0) is 14.8. The molecule has 3 nitrogen and oxygen atoms in total. The molecule has 1 amide bonds. The highest BCUT2D eigenvalue weighted by atomic mass is 16.2. The molecular formula is C18H21NO2. The first-order valence-corrected chi connectivity index (χ1v) is 7.64. The fourth-order valence-electron chi connectivity index (χ4n) is 3.68. The SMILES string of the molecule is CN(Cc1cccc(C#CCO)c1)C(=O)C1C2CCCC21. The quantitative estimate of drug-likeness (QED) is 0.862. The van der Waals surface area contributed by atoms with Gasteiger partial charge in [0, 0.05) is 25.1 Å². The molecule has 0 aromatic heterocycles. The van der Waals surface area contributed by atoms with Crippen LogP contribution in [0, 0.1) is 29.6 Å². The maximum absolute atomic E-state index is 12.4. The molecule has 1 aromatic rings. The van der Waals surface area contributed by atoms with Crippen molar-refractivity contribution in [3.05, 3.63) is 35.4 Å². The van der Waals surface area contributed by atoms with Crippen molar-refractivity contribution in [1.82, 2.24) is 4.90 Å². The van der Waals surface area contributed by atoms with Gasteiger partial charge in [0.05, 0.1) is 0 Å². The number of fused-ring (bicyclic) bond motifs is 1. The minimum atomic E-state index is -0.132. The van der Waals surface area contributed by atoms with Crippen molar-refractivity contribution in [3.8, 4) is 11.8 Å². The Morgan fingerprint density at radius 3 is 2.86 bits per heavy atom. The highest BCUT2D eigenvalue weighted by Crippen LogP contribution is 2.58. The van der Waals surface area contributed by atoms with Crippen LogP contribution in [-0.2, 0) is 11.3 Å². The van der Waals surface area contributed by atoms with Crippen LogP contribution in [-0.4, -0.2) is 29.6 Å². The van der Waals surface area contributed by atoms with E-state index in [9.17, 15) is 4.79 Å². The fraction of sp³-hybridized carbons (Fsp3) is 0.500. The number of nitrogens with zero attached hydrogens (tertiary/aromatic N) is 1. The van der Waals surface area contributed by atoms with Crippen molar-refractivity contribution in [2.24, 2.45) is 17.8 Å². The van der Waals surface area contributed by atoms with E-state index in [0.29, 0.717) is 30.2 Å². The summed E-state index contributed by atoms with van der Waals surface area (Å²) in [6.45, 7) is 0.497. The summed E-state index contributed by atoms with van der Waals surface area (Å²) in [5, 5.41) is 8.74. The summed E-state index contributed by atoms with van der Waals surface area (Å²) >= 11 is 0. The van der Waals surface area contributed by atoms with Gasteiger partial charge in [0.1, 0.15) is 6.61 Å². The second-order valence-electron chi connectivity index (χ2n) is 6.14. The van der Waals surface area contributed by atoms with Gasteiger partial charge in [-0.3, -0.25) is 4.79 Å². The van der Waals surface area contributed by atoms with Gasteiger partial charge in [0.15, 0.2) is 0 Å². The number of aliphatic hydroxyl groups excluding tert-OH is 1. The highest BCUT2D eigenvalue weighted by Gasteiger charge is 2.57. The topological polar surface area (TPSA) is 40.5 Å². The summed E-state index contributed by atoms with van der Waals surface area (Å²) in [7, 11) is 1.89. The lowest BCUT2D eigenvalue weighted by Gasteiger charge is -2.18. The van der Waals surface area contributed by atoms with E-state index in [-0.39, 0.29) is 6.61 Å². The first kappa shape index (κ1) is 14.2. The van der Waals surface area contributed by atoms with Crippen molar-refractivity contribution in [2.75, 3.05) is 13.7 Å². The molecule has 1 aromatic carbocycles.